The molecule has 0 aliphatic carbocycles. The van der Waals surface area contributed by atoms with E-state index in [2.05, 4.69) is 0 Å². The van der Waals surface area contributed by atoms with E-state index >= 15 is 0 Å². The van der Waals surface area contributed by atoms with Crippen molar-refractivity contribution in [2.75, 3.05) is 13.4 Å². The van der Waals surface area contributed by atoms with Gasteiger partial charge in [-0.3, -0.25) is 0 Å². The van der Waals surface area contributed by atoms with Crippen molar-refractivity contribution in [3.63, 3.8) is 0 Å². The minimum Gasteiger partial charge on any atom is -0.455 e. The molecule has 3 aromatic rings. The van der Waals surface area contributed by atoms with Gasteiger partial charge in [0.25, 0.3) is 0 Å². The molecule has 0 N–H and O–H groups in total. The second kappa shape index (κ2) is 7.55. The lowest BCUT2D eigenvalue weighted by Crippen LogP contribution is -2.07. The standard InChI is InChI=1S/C19H18O4S/c1-21-12-16-15-5-3-4-6-17(15)23-18(16)19(20)22-11-13-7-9-14(24-2)10-8-13/h3-10H,11-12H2,1-2H3. The largest absolute Gasteiger partial charge is 0.455 e. The third kappa shape index (κ3) is 3.47. The molecule has 0 bridgehead atoms. The van der Waals surface area contributed by atoms with Crippen molar-refractivity contribution in [1.82, 2.24) is 0 Å². The monoisotopic (exact) mass is 342 g/mol. The normalized spacial score (nSPS) is 10.9. The third-order valence-electron chi connectivity index (χ3n) is 3.70. The molecular weight excluding hydrogens is 324 g/mol. The van der Waals surface area contributed by atoms with E-state index in [0.29, 0.717) is 12.2 Å². The quantitative estimate of drug-likeness (QED) is 0.482. The predicted octanol–water partition coefficient (Wildman–Crippen LogP) is 4.66. The van der Waals surface area contributed by atoms with Gasteiger partial charge in [-0.15, -0.1) is 11.8 Å². The number of thioether (sulfide) groups is 1. The Morgan fingerprint density at radius 2 is 1.83 bits per heavy atom. The predicted molar refractivity (Wildman–Crippen MR) is 94.3 cm³/mol. The molecule has 4 nitrogen and oxygen atoms in total. The van der Waals surface area contributed by atoms with Crippen molar-refractivity contribution in [3.05, 3.63) is 65.4 Å². The number of hydrogen-bond acceptors (Lipinski definition) is 5. The number of methoxy groups -OCH3 is 1. The van der Waals surface area contributed by atoms with Gasteiger partial charge >= 0.3 is 5.97 Å². The second-order valence-corrected chi connectivity index (χ2v) is 6.14. The molecule has 5 heteroatoms. The minimum atomic E-state index is -0.479. The summed E-state index contributed by atoms with van der Waals surface area (Å²) in [5, 5.41) is 0.871. The zero-order valence-electron chi connectivity index (χ0n) is 13.6. The summed E-state index contributed by atoms with van der Waals surface area (Å²) in [4.78, 5) is 13.6. The van der Waals surface area contributed by atoms with Gasteiger partial charge in [0.05, 0.1) is 6.61 Å². The first-order valence-corrected chi connectivity index (χ1v) is 8.75. The average molecular weight is 342 g/mol. The van der Waals surface area contributed by atoms with Gasteiger partial charge in [0.15, 0.2) is 0 Å². The summed E-state index contributed by atoms with van der Waals surface area (Å²) in [7, 11) is 1.59. The van der Waals surface area contributed by atoms with Gasteiger partial charge in [0.2, 0.25) is 5.76 Å². The fourth-order valence-corrected chi connectivity index (χ4v) is 2.90. The van der Waals surface area contributed by atoms with E-state index in [1.54, 1.807) is 18.9 Å². The molecule has 0 spiro atoms. The van der Waals surface area contributed by atoms with Crippen LogP contribution in [0.15, 0.2) is 57.8 Å². The van der Waals surface area contributed by atoms with Crippen molar-refractivity contribution >= 4 is 28.7 Å². The Morgan fingerprint density at radius 3 is 2.54 bits per heavy atom. The zero-order chi connectivity index (χ0) is 16.9. The number of hydrogen-bond donors (Lipinski definition) is 0. The van der Waals surface area contributed by atoms with Gasteiger partial charge in [-0.05, 0) is 30.0 Å². The van der Waals surface area contributed by atoms with Crippen LogP contribution in [0.4, 0.5) is 0 Å². The summed E-state index contributed by atoms with van der Waals surface area (Å²) in [6.07, 6.45) is 2.02. The van der Waals surface area contributed by atoms with Gasteiger partial charge in [0.1, 0.15) is 12.2 Å². The number of fused-ring (bicyclic) bond motifs is 1. The maximum absolute atomic E-state index is 12.4. The van der Waals surface area contributed by atoms with Gasteiger partial charge in [0, 0.05) is 23.0 Å². The van der Waals surface area contributed by atoms with Gasteiger partial charge in [-0.1, -0.05) is 30.3 Å². The summed E-state index contributed by atoms with van der Waals surface area (Å²) in [5.74, 6) is -0.272. The van der Waals surface area contributed by atoms with Crippen molar-refractivity contribution in [1.29, 1.82) is 0 Å². The fraction of sp³-hybridized carbons (Fsp3) is 0.211. The van der Waals surface area contributed by atoms with Crippen molar-refractivity contribution in [3.8, 4) is 0 Å². The number of benzene rings is 2. The van der Waals surface area contributed by atoms with Crippen LogP contribution in [0.3, 0.4) is 0 Å². The van der Waals surface area contributed by atoms with E-state index in [-0.39, 0.29) is 12.4 Å². The van der Waals surface area contributed by atoms with E-state index in [0.717, 1.165) is 16.5 Å². The van der Waals surface area contributed by atoms with Crippen molar-refractivity contribution in [2.45, 2.75) is 18.1 Å². The molecular formula is C19H18O4S. The first kappa shape index (κ1) is 16.6. The highest BCUT2D eigenvalue weighted by molar-refractivity contribution is 7.98. The highest BCUT2D eigenvalue weighted by atomic mass is 32.2. The molecule has 0 unspecified atom stereocenters. The van der Waals surface area contributed by atoms with Crippen LogP contribution in [-0.4, -0.2) is 19.3 Å². The highest BCUT2D eigenvalue weighted by Crippen LogP contribution is 2.27. The van der Waals surface area contributed by atoms with Crippen molar-refractivity contribution < 1.29 is 18.7 Å². The number of furan rings is 1. The van der Waals surface area contributed by atoms with Crippen LogP contribution in [0.1, 0.15) is 21.7 Å². The molecule has 0 saturated heterocycles. The SMILES string of the molecule is COCc1c(C(=O)OCc2ccc(SC)cc2)oc2ccccc12. The molecule has 3 rings (SSSR count). The lowest BCUT2D eigenvalue weighted by molar-refractivity contribution is 0.0432. The molecule has 0 amide bonds. The smallest absolute Gasteiger partial charge is 0.374 e. The zero-order valence-corrected chi connectivity index (χ0v) is 14.4. The first-order chi connectivity index (χ1) is 11.7. The Balaban J connectivity index is 1.78. The van der Waals surface area contributed by atoms with Crippen LogP contribution in [0.25, 0.3) is 11.0 Å². The van der Waals surface area contributed by atoms with E-state index in [1.165, 1.54) is 4.90 Å². The average Bonchev–Trinajstić information content (AvgIpc) is 2.99. The van der Waals surface area contributed by atoms with E-state index in [9.17, 15) is 4.79 Å². The van der Waals surface area contributed by atoms with Crippen LogP contribution in [0.5, 0.6) is 0 Å². The summed E-state index contributed by atoms with van der Waals surface area (Å²) in [6, 6.07) is 15.4. The number of esters is 1. The summed E-state index contributed by atoms with van der Waals surface area (Å²) in [5.41, 5.74) is 2.31. The molecule has 0 radical (unpaired) electrons. The summed E-state index contributed by atoms with van der Waals surface area (Å²) in [6.45, 7) is 0.501. The molecule has 0 saturated carbocycles. The van der Waals surface area contributed by atoms with Crippen LogP contribution >= 0.6 is 11.8 Å². The van der Waals surface area contributed by atoms with Crippen LogP contribution < -0.4 is 0 Å². The van der Waals surface area contributed by atoms with E-state index < -0.39 is 5.97 Å². The molecule has 2 aromatic carbocycles. The van der Waals surface area contributed by atoms with E-state index in [4.69, 9.17) is 13.9 Å². The highest BCUT2D eigenvalue weighted by Gasteiger charge is 2.21. The van der Waals surface area contributed by atoms with Gasteiger partial charge in [-0.2, -0.15) is 0 Å². The molecule has 0 atom stereocenters. The fourth-order valence-electron chi connectivity index (χ4n) is 2.49. The number of para-hydroxylation sites is 1. The number of ether oxygens (including phenoxy) is 2. The molecule has 1 aromatic heterocycles. The van der Waals surface area contributed by atoms with Crippen LogP contribution in [0.2, 0.25) is 0 Å². The summed E-state index contributed by atoms with van der Waals surface area (Å²) >= 11 is 1.67. The topological polar surface area (TPSA) is 48.7 Å². The van der Waals surface area contributed by atoms with Gasteiger partial charge < -0.3 is 13.9 Å². The molecule has 24 heavy (non-hydrogen) atoms. The minimum absolute atomic E-state index is 0.205. The maximum atomic E-state index is 12.4. The number of carbonyl (C=O) groups excluding carboxylic acids is 1. The Bertz CT molecular complexity index is 836. The first-order valence-electron chi connectivity index (χ1n) is 7.52. The lowest BCUT2D eigenvalue weighted by Gasteiger charge is -2.05. The Hall–Kier alpha value is -2.24. The second-order valence-electron chi connectivity index (χ2n) is 5.26. The molecule has 124 valence electrons. The Kier molecular flexibility index (Phi) is 5.23. The third-order valence-corrected chi connectivity index (χ3v) is 4.44. The summed E-state index contributed by atoms with van der Waals surface area (Å²) < 4.78 is 16.3. The van der Waals surface area contributed by atoms with Gasteiger partial charge in [-0.25, -0.2) is 4.79 Å². The number of carbonyl (C=O) groups is 1. The Morgan fingerprint density at radius 1 is 1.08 bits per heavy atom. The van der Waals surface area contributed by atoms with E-state index in [1.807, 2.05) is 54.8 Å². The maximum Gasteiger partial charge on any atom is 0.374 e. The molecule has 1 heterocycles. The lowest BCUT2D eigenvalue weighted by atomic mass is 10.1. The molecule has 0 fully saturated rings. The molecule has 0 aliphatic heterocycles. The molecule has 0 aliphatic rings. The Labute approximate surface area is 144 Å². The van der Waals surface area contributed by atoms with Crippen LogP contribution in [0, 0.1) is 0 Å². The van der Waals surface area contributed by atoms with Crippen LogP contribution in [-0.2, 0) is 22.7 Å². The number of rotatable bonds is 6. The van der Waals surface area contributed by atoms with Crippen molar-refractivity contribution in [2.24, 2.45) is 0 Å².